The summed E-state index contributed by atoms with van der Waals surface area (Å²) < 4.78 is 5.54. The molecule has 1 aromatic heterocycles. The van der Waals surface area contributed by atoms with E-state index in [-0.39, 0.29) is 6.04 Å². The van der Waals surface area contributed by atoms with E-state index in [4.69, 9.17) is 15.9 Å². The first kappa shape index (κ1) is 13.0. The van der Waals surface area contributed by atoms with Gasteiger partial charge in [-0.15, -0.1) is 0 Å². The van der Waals surface area contributed by atoms with Gasteiger partial charge in [-0.25, -0.2) is 0 Å². The number of primary amides is 1. The number of nitrogens with one attached hydrogen (secondary N) is 1. The number of nitrogen functional groups attached to an aromatic ring is 1. The Labute approximate surface area is 111 Å². The molecule has 0 aliphatic carbocycles. The highest BCUT2D eigenvalue weighted by atomic mass is 16.3. The van der Waals surface area contributed by atoms with E-state index >= 15 is 0 Å². The van der Waals surface area contributed by atoms with Crippen molar-refractivity contribution in [3.05, 3.63) is 47.4 Å². The van der Waals surface area contributed by atoms with Crippen LogP contribution in [-0.2, 0) is 0 Å². The molecule has 0 aliphatic heterocycles. The first-order chi connectivity index (χ1) is 8.99. The van der Waals surface area contributed by atoms with Gasteiger partial charge < -0.3 is 21.2 Å². The molecular formula is C14H17N3O2. The minimum atomic E-state index is -0.539. The maximum atomic E-state index is 11.2. The number of carbonyl (C=O) groups excluding carboxylic acids is 1. The minimum absolute atomic E-state index is 0.0564. The van der Waals surface area contributed by atoms with Crippen LogP contribution in [0.3, 0.4) is 0 Å². The number of amides is 1. The van der Waals surface area contributed by atoms with Crippen molar-refractivity contribution in [1.29, 1.82) is 0 Å². The van der Waals surface area contributed by atoms with Gasteiger partial charge in [-0.3, -0.25) is 4.79 Å². The lowest BCUT2D eigenvalue weighted by Crippen LogP contribution is -2.15. The maximum absolute atomic E-state index is 11.2. The van der Waals surface area contributed by atoms with Crippen molar-refractivity contribution in [2.24, 2.45) is 5.73 Å². The zero-order valence-corrected chi connectivity index (χ0v) is 10.9. The molecule has 5 nitrogen and oxygen atoms in total. The van der Waals surface area contributed by atoms with Gasteiger partial charge in [-0.2, -0.15) is 0 Å². The van der Waals surface area contributed by atoms with Crippen molar-refractivity contribution >= 4 is 17.3 Å². The lowest BCUT2D eigenvalue weighted by molar-refractivity contribution is 0.100. The number of furan rings is 1. The van der Waals surface area contributed by atoms with Crippen LogP contribution in [0.5, 0.6) is 0 Å². The molecule has 19 heavy (non-hydrogen) atoms. The third-order valence-electron chi connectivity index (χ3n) is 2.93. The predicted molar refractivity (Wildman–Crippen MR) is 74.9 cm³/mol. The van der Waals surface area contributed by atoms with E-state index in [1.165, 1.54) is 0 Å². The van der Waals surface area contributed by atoms with Crippen molar-refractivity contribution in [3.63, 3.8) is 0 Å². The Kier molecular flexibility index (Phi) is 3.46. The Hall–Kier alpha value is -2.43. The summed E-state index contributed by atoms with van der Waals surface area (Å²) in [6.45, 7) is 3.84. The summed E-state index contributed by atoms with van der Waals surface area (Å²) in [4.78, 5) is 11.2. The summed E-state index contributed by atoms with van der Waals surface area (Å²) in [5.74, 6) is 1.12. The summed E-state index contributed by atoms with van der Waals surface area (Å²) in [5, 5.41) is 3.21. The SMILES string of the molecule is Cc1ccc(C(C)Nc2cccc(C(N)=O)c2N)o1. The van der Waals surface area contributed by atoms with Gasteiger partial charge >= 0.3 is 0 Å². The molecule has 1 aromatic carbocycles. The molecule has 0 fully saturated rings. The predicted octanol–water partition coefficient (Wildman–Crippen LogP) is 2.44. The van der Waals surface area contributed by atoms with Crippen LogP contribution in [-0.4, -0.2) is 5.91 Å². The Balaban J connectivity index is 2.24. The number of anilines is 2. The molecule has 1 amide bonds. The highest BCUT2D eigenvalue weighted by molar-refractivity contribution is 6.00. The molecule has 2 aromatic rings. The standard InChI is InChI=1S/C14H17N3O2/c1-8-6-7-12(19-8)9(2)17-11-5-3-4-10(13(11)15)14(16)18/h3-7,9,17H,15H2,1-2H3,(H2,16,18). The van der Waals surface area contributed by atoms with Gasteiger partial charge in [0.1, 0.15) is 11.5 Å². The lowest BCUT2D eigenvalue weighted by Gasteiger charge is -2.16. The molecule has 0 saturated heterocycles. The Morgan fingerprint density at radius 2 is 2.05 bits per heavy atom. The molecule has 1 atom stereocenters. The van der Waals surface area contributed by atoms with Crippen molar-refractivity contribution < 1.29 is 9.21 Å². The Morgan fingerprint density at radius 3 is 2.63 bits per heavy atom. The Bertz CT molecular complexity index is 604. The number of aryl methyl sites for hydroxylation is 1. The first-order valence-corrected chi connectivity index (χ1v) is 6.00. The van der Waals surface area contributed by atoms with Gasteiger partial charge in [0.15, 0.2) is 0 Å². The second-order valence-corrected chi connectivity index (χ2v) is 4.45. The van der Waals surface area contributed by atoms with Gasteiger partial charge in [-0.1, -0.05) is 6.07 Å². The highest BCUT2D eigenvalue weighted by Crippen LogP contribution is 2.27. The van der Waals surface area contributed by atoms with Gasteiger partial charge in [0.2, 0.25) is 0 Å². The van der Waals surface area contributed by atoms with E-state index in [0.717, 1.165) is 11.5 Å². The van der Waals surface area contributed by atoms with Crippen molar-refractivity contribution in [2.45, 2.75) is 19.9 Å². The molecule has 1 unspecified atom stereocenters. The average Bonchev–Trinajstić information content (AvgIpc) is 2.78. The van der Waals surface area contributed by atoms with Crippen LogP contribution in [0, 0.1) is 6.92 Å². The third-order valence-corrected chi connectivity index (χ3v) is 2.93. The lowest BCUT2D eigenvalue weighted by atomic mass is 10.1. The number of hydrogen-bond acceptors (Lipinski definition) is 4. The fourth-order valence-electron chi connectivity index (χ4n) is 1.90. The number of hydrogen-bond donors (Lipinski definition) is 3. The number of rotatable bonds is 4. The fourth-order valence-corrected chi connectivity index (χ4v) is 1.90. The van der Waals surface area contributed by atoms with E-state index < -0.39 is 5.91 Å². The molecule has 0 saturated carbocycles. The molecule has 1 heterocycles. The summed E-state index contributed by atoms with van der Waals surface area (Å²) in [6, 6.07) is 8.88. The smallest absolute Gasteiger partial charge is 0.250 e. The quantitative estimate of drug-likeness (QED) is 0.735. The highest BCUT2D eigenvalue weighted by Gasteiger charge is 2.13. The van der Waals surface area contributed by atoms with Crippen LogP contribution in [0.2, 0.25) is 0 Å². The van der Waals surface area contributed by atoms with Crippen LogP contribution >= 0.6 is 0 Å². The normalized spacial score (nSPS) is 12.1. The third kappa shape index (κ3) is 2.70. The maximum Gasteiger partial charge on any atom is 0.250 e. The van der Waals surface area contributed by atoms with Gasteiger partial charge in [0, 0.05) is 0 Å². The van der Waals surface area contributed by atoms with E-state index in [0.29, 0.717) is 16.9 Å². The number of para-hydroxylation sites is 1. The topological polar surface area (TPSA) is 94.3 Å². The number of nitrogens with two attached hydrogens (primary N) is 2. The van der Waals surface area contributed by atoms with Crippen LogP contribution in [0.1, 0.15) is 34.8 Å². The van der Waals surface area contributed by atoms with Crippen molar-refractivity contribution in [1.82, 2.24) is 0 Å². The monoisotopic (exact) mass is 259 g/mol. The summed E-state index contributed by atoms with van der Waals surface area (Å²) in [5.41, 5.74) is 12.5. The van der Waals surface area contributed by atoms with E-state index in [1.54, 1.807) is 18.2 Å². The molecular weight excluding hydrogens is 242 g/mol. The summed E-state index contributed by atoms with van der Waals surface area (Å²) in [6.07, 6.45) is 0. The summed E-state index contributed by atoms with van der Waals surface area (Å²) in [7, 11) is 0. The molecule has 0 bridgehead atoms. The van der Waals surface area contributed by atoms with Crippen LogP contribution in [0.15, 0.2) is 34.7 Å². The van der Waals surface area contributed by atoms with E-state index in [1.807, 2.05) is 26.0 Å². The summed E-state index contributed by atoms with van der Waals surface area (Å²) >= 11 is 0. The first-order valence-electron chi connectivity index (χ1n) is 6.00. The molecule has 5 N–H and O–H groups in total. The minimum Gasteiger partial charge on any atom is -0.464 e. The van der Waals surface area contributed by atoms with Crippen molar-refractivity contribution in [3.8, 4) is 0 Å². The molecule has 0 radical (unpaired) electrons. The van der Waals surface area contributed by atoms with Gasteiger partial charge in [0.25, 0.3) is 5.91 Å². The average molecular weight is 259 g/mol. The zero-order valence-electron chi connectivity index (χ0n) is 10.9. The zero-order chi connectivity index (χ0) is 14.0. The molecule has 2 rings (SSSR count). The number of benzene rings is 1. The fraction of sp³-hybridized carbons (Fsp3) is 0.214. The van der Waals surface area contributed by atoms with Crippen LogP contribution in [0.25, 0.3) is 0 Å². The van der Waals surface area contributed by atoms with E-state index in [9.17, 15) is 4.79 Å². The molecule has 0 spiro atoms. The van der Waals surface area contributed by atoms with Crippen LogP contribution in [0.4, 0.5) is 11.4 Å². The van der Waals surface area contributed by atoms with Gasteiger partial charge in [0.05, 0.1) is 23.0 Å². The molecule has 5 heteroatoms. The second kappa shape index (κ2) is 5.06. The Morgan fingerprint density at radius 1 is 1.32 bits per heavy atom. The van der Waals surface area contributed by atoms with Crippen molar-refractivity contribution in [2.75, 3.05) is 11.1 Å². The van der Waals surface area contributed by atoms with Gasteiger partial charge in [-0.05, 0) is 38.1 Å². The van der Waals surface area contributed by atoms with Crippen LogP contribution < -0.4 is 16.8 Å². The second-order valence-electron chi connectivity index (χ2n) is 4.45. The number of carbonyl (C=O) groups is 1. The molecule has 0 aliphatic rings. The van der Waals surface area contributed by atoms with E-state index in [2.05, 4.69) is 5.32 Å². The largest absolute Gasteiger partial charge is 0.464 e. The molecule has 100 valence electrons.